The Balaban J connectivity index is 2.66. The summed E-state index contributed by atoms with van der Waals surface area (Å²) in [5, 5.41) is 2.87. The molecule has 2 unspecified atom stereocenters. The zero-order valence-electron chi connectivity index (χ0n) is 13.9. The molecule has 0 aromatic carbocycles. The second-order valence-electron chi connectivity index (χ2n) is 6.03. The van der Waals surface area contributed by atoms with Crippen LogP contribution >= 0.6 is 0 Å². The van der Waals surface area contributed by atoms with Crippen LogP contribution in [0.15, 0.2) is 0 Å². The number of carbonyl (C=O) groups excluding carboxylic acids is 2. The van der Waals surface area contributed by atoms with Gasteiger partial charge in [0.05, 0.1) is 6.61 Å². The van der Waals surface area contributed by atoms with E-state index in [1.807, 2.05) is 20.8 Å². The monoisotopic (exact) mass is 298 g/mol. The minimum atomic E-state index is -0.402. The summed E-state index contributed by atoms with van der Waals surface area (Å²) in [6.07, 6.45) is 3.71. The molecule has 0 aromatic heterocycles. The molecule has 1 N–H and O–H groups in total. The first kappa shape index (κ1) is 18.0. The number of piperazine rings is 1. The molecule has 0 aliphatic carbocycles. The first-order valence-corrected chi connectivity index (χ1v) is 8.21. The molecule has 1 aliphatic heterocycles. The summed E-state index contributed by atoms with van der Waals surface area (Å²) >= 11 is 0. The van der Waals surface area contributed by atoms with E-state index in [-0.39, 0.29) is 23.8 Å². The summed E-state index contributed by atoms with van der Waals surface area (Å²) in [5.74, 6) is 0.110. The molecule has 0 saturated carbocycles. The Labute approximate surface area is 128 Å². The molecule has 0 bridgehead atoms. The second-order valence-corrected chi connectivity index (χ2v) is 6.03. The maximum atomic E-state index is 12.6. The smallest absolute Gasteiger partial charge is 0.246 e. The third-order valence-corrected chi connectivity index (χ3v) is 3.87. The number of hydrogen-bond donors (Lipinski definition) is 1. The number of hydrogen-bond acceptors (Lipinski definition) is 3. The third kappa shape index (κ3) is 4.99. The van der Waals surface area contributed by atoms with E-state index < -0.39 is 6.04 Å². The summed E-state index contributed by atoms with van der Waals surface area (Å²) in [6.45, 7) is 9.79. The van der Waals surface area contributed by atoms with Crippen molar-refractivity contribution in [3.05, 3.63) is 0 Å². The van der Waals surface area contributed by atoms with Crippen LogP contribution in [0, 0.1) is 5.92 Å². The van der Waals surface area contributed by atoms with Crippen molar-refractivity contribution in [3.63, 3.8) is 0 Å². The standard InChI is InChI=1S/C16H30N2O3/c1-5-7-10-21-11-9-18-13(8-6-2)15(19)17-14(12(3)4)16(18)20/h12-14H,5-11H2,1-4H3,(H,17,19). The van der Waals surface area contributed by atoms with Crippen molar-refractivity contribution in [2.24, 2.45) is 5.92 Å². The van der Waals surface area contributed by atoms with E-state index in [2.05, 4.69) is 12.2 Å². The van der Waals surface area contributed by atoms with Gasteiger partial charge >= 0.3 is 0 Å². The van der Waals surface area contributed by atoms with Gasteiger partial charge in [0.1, 0.15) is 12.1 Å². The van der Waals surface area contributed by atoms with Gasteiger partial charge < -0.3 is 15.0 Å². The number of rotatable bonds is 9. The lowest BCUT2D eigenvalue weighted by Gasteiger charge is -2.40. The maximum Gasteiger partial charge on any atom is 0.246 e. The average Bonchev–Trinajstić information content (AvgIpc) is 2.44. The Morgan fingerprint density at radius 3 is 2.48 bits per heavy atom. The summed E-state index contributed by atoms with van der Waals surface area (Å²) in [5.41, 5.74) is 0. The van der Waals surface area contributed by atoms with E-state index in [4.69, 9.17) is 4.74 Å². The number of ether oxygens (including phenoxy) is 1. The normalized spacial score (nSPS) is 22.8. The third-order valence-electron chi connectivity index (χ3n) is 3.87. The van der Waals surface area contributed by atoms with Crippen molar-refractivity contribution in [1.29, 1.82) is 0 Å². The summed E-state index contributed by atoms with van der Waals surface area (Å²) in [6, 6.07) is -0.742. The zero-order chi connectivity index (χ0) is 15.8. The average molecular weight is 298 g/mol. The maximum absolute atomic E-state index is 12.6. The SMILES string of the molecule is CCCCOCCN1C(=O)C(C(C)C)NC(=O)C1CCC. The Hall–Kier alpha value is -1.10. The lowest BCUT2D eigenvalue weighted by Crippen LogP contribution is -2.65. The molecule has 5 nitrogen and oxygen atoms in total. The molecule has 1 fully saturated rings. The minimum Gasteiger partial charge on any atom is -0.380 e. The van der Waals surface area contributed by atoms with Crippen molar-refractivity contribution >= 4 is 11.8 Å². The number of amides is 2. The van der Waals surface area contributed by atoms with Crippen molar-refractivity contribution < 1.29 is 14.3 Å². The van der Waals surface area contributed by atoms with E-state index in [1.54, 1.807) is 4.90 Å². The van der Waals surface area contributed by atoms with E-state index in [9.17, 15) is 9.59 Å². The molecule has 5 heteroatoms. The van der Waals surface area contributed by atoms with Gasteiger partial charge in [-0.15, -0.1) is 0 Å². The van der Waals surface area contributed by atoms with Gasteiger partial charge in [0, 0.05) is 13.2 Å². The lowest BCUT2D eigenvalue weighted by molar-refractivity contribution is -0.151. The van der Waals surface area contributed by atoms with Crippen molar-refractivity contribution in [3.8, 4) is 0 Å². The Morgan fingerprint density at radius 2 is 1.90 bits per heavy atom. The highest BCUT2D eigenvalue weighted by Gasteiger charge is 2.40. The van der Waals surface area contributed by atoms with Gasteiger partial charge in [-0.2, -0.15) is 0 Å². The molecule has 1 rings (SSSR count). The fourth-order valence-electron chi connectivity index (χ4n) is 2.57. The molecule has 0 radical (unpaired) electrons. The van der Waals surface area contributed by atoms with Crippen LogP contribution in [-0.2, 0) is 14.3 Å². The van der Waals surface area contributed by atoms with Crippen molar-refractivity contribution in [1.82, 2.24) is 10.2 Å². The van der Waals surface area contributed by atoms with E-state index in [0.717, 1.165) is 25.9 Å². The van der Waals surface area contributed by atoms with Crippen LogP contribution in [-0.4, -0.2) is 48.6 Å². The van der Waals surface area contributed by atoms with Crippen LogP contribution in [0.25, 0.3) is 0 Å². The van der Waals surface area contributed by atoms with Gasteiger partial charge in [0.15, 0.2) is 0 Å². The molecule has 1 aliphatic rings. The van der Waals surface area contributed by atoms with E-state index in [0.29, 0.717) is 19.6 Å². The van der Waals surface area contributed by atoms with E-state index in [1.165, 1.54) is 0 Å². The molecule has 2 atom stereocenters. The fourth-order valence-corrected chi connectivity index (χ4v) is 2.57. The van der Waals surface area contributed by atoms with Gasteiger partial charge in [0.25, 0.3) is 0 Å². The van der Waals surface area contributed by atoms with Crippen LogP contribution in [0.3, 0.4) is 0 Å². The van der Waals surface area contributed by atoms with Crippen LogP contribution in [0.4, 0.5) is 0 Å². The van der Waals surface area contributed by atoms with Gasteiger partial charge in [-0.05, 0) is 18.8 Å². The lowest BCUT2D eigenvalue weighted by atomic mass is 9.96. The Kier molecular flexibility index (Phi) is 7.72. The predicted molar refractivity (Wildman–Crippen MR) is 82.9 cm³/mol. The zero-order valence-corrected chi connectivity index (χ0v) is 13.9. The Morgan fingerprint density at radius 1 is 1.19 bits per heavy atom. The number of nitrogens with zero attached hydrogens (tertiary/aromatic N) is 1. The molecule has 2 amide bonds. The number of unbranched alkanes of at least 4 members (excludes halogenated alkanes) is 1. The number of nitrogens with one attached hydrogen (secondary N) is 1. The Bertz CT molecular complexity index is 344. The van der Waals surface area contributed by atoms with E-state index >= 15 is 0 Å². The van der Waals surface area contributed by atoms with Crippen molar-refractivity contribution in [2.45, 2.75) is 65.5 Å². The van der Waals surface area contributed by atoms with Crippen LogP contribution in [0.2, 0.25) is 0 Å². The molecule has 0 spiro atoms. The van der Waals surface area contributed by atoms with Gasteiger partial charge in [-0.25, -0.2) is 0 Å². The minimum absolute atomic E-state index is 0.0243. The molecular formula is C16H30N2O3. The van der Waals surface area contributed by atoms with Crippen LogP contribution in [0.5, 0.6) is 0 Å². The van der Waals surface area contributed by atoms with Gasteiger partial charge in [0.2, 0.25) is 11.8 Å². The molecular weight excluding hydrogens is 268 g/mol. The largest absolute Gasteiger partial charge is 0.380 e. The molecule has 21 heavy (non-hydrogen) atoms. The first-order valence-electron chi connectivity index (χ1n) is 8.21. The van der Waals surface area contributed by atoms with Crippen molar-refractivity contribution in [2.75, 3.05) is 19.8 Å². The quantitative estimate of drug-likeness (QED) is 0.662. The topological polar surface area (TPSA) is 58.6 Å². The second kappa shape index (κ2) is 9.03. The molecule has 0 aromatic rings. The van der Waals surface area contributed by atoms with Gasteiger partial charge in [-0.1, -0.05) is 40.5 Å². The highest BCUT2D eigenvalue weighted by atomic mass is 16.5. The van der Waals surface area contributed by atoms with Crippen LogP contribution < -0.4 is 5.32 Å². The highest BCUT2D eigenvalue weighted by molar-refractivity contribution is 5.97. The number of carbonyl (C=O) groups is 2. The first-order chi connectivity index (χ1) is 10.0. The van der Waals surface area contributed by atoms with Crippen LogP contribution in [0.1, 0.15) is 53.4 Å². The van der Waals surface area contributed by atoms with Gasteiger partial charge in [-0.3, -0.25) is 9.59 Å². The fraction of sp³-hybridized carbons (Fsp3) is 0.875. The summed E-state index contributed by atoms with van der Waals surface area (Å²) in [4.78, 5) is 26.5. The molecule has 1 heterocycles. The summed E-state index contributed by atoms with van der Waals surface area (Å²) < 4.78 is 5.56. The highest BCUT2D eigenvalue weighted by Crippen LogP contribution is 2.18. The molecule has 122 valence electrons. The summed E-state index contributed by atoms with van der Waals surface area (Å²) in [7, 11) is 0. The predicted octanol–water partition coefficient (Wildman–Crippen LogP) is 1.95. The molecule has 1 saturated heterocycles.